The summed E-state index contributed by atoms with van der Waals surface area (Å²) in [4.78, 5) is 13.9. The highest BCUT2D eigenvalue weighted by Gasteiger charge is 2.37. The monoisotopic (exact) mass is 210 g/mol. The number of nitrogens with one attached hydrogen (secondary N) is 1. The Morgan fingerprint density at radius 1 is 1.27 bits per heavy atom. The average molecular weight is 210 g/mol. The van der Waals surface area contributed by atoms with Crippen LogP contribution in [-0.2, 0) is 4.79 Å². The van der Waals surface area contributed by atoms with E-state index in [1.54, 1.807) is 7.05 Å². The van der Waals surface area contributed by atoms with Gasteiger partial charge >= 0.3 is 0 Å². The topological polar surface area (TPSA) is 32.3 Å². The summed E-state index contributed by atoms with van der Waals surface area (Å²) in [7, 11) is 3.83. The molecule has 3 heteroatoms. The van der Waals surface area contributed by atoms with E-state index in [-0.39, 0.29) is 11.9 Å². The van der Waals surface area contributed by atoms with Crippen LogP contribution >= 0.6 is 0 Å². The van der Waals surface area contributed by atoms with Gasteiger partial charge in [0.15, 0.2) is 0 Å². The zero-order chi connectivity index (χ0) is 10.8. The van der Waals surface area contributed by atoms with Crippen molar-refractivity contribution < 1.29 is 4.79 Å². The lowest BCUT2D eigenvalue weighted by molar-refractivity contribution is -0.128. The van der Waals surface area contributed by atoms with Crippen molar-refractivity contribution in [1.29, 1.82) is 0 Å². The molecular weight excluding hydrogens is 188 g/mol. The van der Waals surface area contributed by atoms with Gasteiger partial charge in [-0.25, -0.2) is 0 Å². The highest BCUT2D eigenvalue weighted by atomic mass is 16.2. The molecule has 1 aliphatic carbocycles. The summed E-state index contributed by atoms with van der Waals surface area (Å²) < 4.78 is 0. The molecule has 3 nitrogen and oxygen atoms in total. The van der Waals surface area contributed by atoms with Crippen LogP contribution in [0, 0.1) is 11.8 Å². The minimum Gasteiger partial charge on any atom is -0.358 e. The van der Waals surface area contributed by atoms with Crippen LogP contribution in [0.1, 0.15) is 32.1 Å². The Bertz CT molecular complexity index is 242. The molecule has 1 aliphatic heterocycles. The number of rotatable bonds is 1. The van der Waals surface area contributed by atoms with Gasteiger partial charge in [-0.05, 0) is 31.7 Å². The molecule has 2 fully saturated rings. The average Bonchev–Trinajstić information content (AvgIpc) is 2.27. The zero-order valence-electron chi connectivity index (χ0n) is 9.83. The molecule has 1 amide bonds. The summed E-state index contributed by atoms with van der Waals surface area (Å²) >= 11 is 0. The second kappa shape index (κ2) is 4.52. The Kier molecular flexibility index (Phi) is 3.29. The van der Waals surface area contributed by atoms with Crippen LogP contribution in [-0.4, -0.2) is 37.5 Å². The molecule has 1 heterocycles. The number of fused-ring (bicyclic) bond motifs is 1. The van der Waals surface area contributed by atoms with Gasteiger partial charge in [0.05, 0.1) is 6.04 Å². The second-order valence-electron chi connectivity index (χ2n) is 5.11. The van der Waals surface area contributed by atoms with E-state index in [1.807, 2.05) is 0 Å². The predicted octanol–water partition coefficient (Wildman–Crippen LogP) is 1.24. The Morgan fingerprint density at radius 2 is 1.93 bits per heavy atom. The quantitative estimate of drug-likeness (QED) is 0.706. The molecule has 0 radical (unpaired) electrons. The van der Waals surface area contributed by atoms with Crippen molar-refractivity contribution >= 4 is 5.91 Å². The minimum absolute atomic E-state index is 0.120. The van der Waals surface area contributed by atoms with Gasteiger partial charge in [-0.1, -0.05) is 19.3 Å². The first-order valence-electron chi connectivity index (χ1n) is 6.14. The lowest BCUT2D eigenvalue weighted by Gasteiger charge is -2.43. The van der Waals surface area contributed by atoms with Crippen molar-refractivity contribution in [2.24, 2.45) is 11.8 Å². The first-order valence-corrected chi connectivity index (χ1v) is 6.14. The molecule has 2 rings (SSSR count). The number of hydrogen-bond donors (Lipinski definition) is 1. The van der Waals surface area contributed by atoms with E-state index in [0.717, 1.165) is 24.8 Å². The van der Waals surface area contributed by atoms with Crippen LogP contribution in [0.5, 0.6) is 0 Å². The molecule has 0 bridgehead atoms. The molecule has 0 spiro atoms. The number of nitrogens with zero attached hydrogens (tertiary/aromatic N) is 1. The standard InChI is InChI=1S/C12H22N2O/c1-13-12(15)11-7-9-5-3-4-6-10(9)8-14(11)2/h9-11H,3-8H2,1-2H3,(H,13,15). The maximum Gasteiger partial charge on any atom is 0.237 e. The van der Waals surface area contributed by atoms with Crippen LogP contribution in [0.25, 0.3) is 0 Å². The molecule has 1 saturated heterocycles. The van der Waals surface area contributed by atoms with E-state index in [2.05, 4.69) is 17.3 Å². The fraction of sp³-hybridized carbons (Fsp3) is 0.917. The number of likely N-dealkylation sites (N-methyl/N-ethyl adjacent to an activating group) is 2. The normalized spacial score (nSPS) is 37.1. The molecule has 86 valence electrons. The minimum atomic E-state index is 0.120. The fourth-order valence-electron chi connectivity index (χ4n) is 3.27. The van der Waals surface area contributed by atoms with Crippen molar-refractivity contribution in [1.82, 2.24) is 10.2 Å². The molecule has 0 aromatic rings. The molecule has 0 aromatic carbocycles. The number of carbonyl (C=O) groups is 1. The highest BCUT2D eigenvalue weighted by Crippen LogP contribution is 2.37. The third-order valence-corrected chi connectivity index (χ3v) is 4.20. The number of piperidine rings is 1. The van der Waals surface area contributed by atoms with Crippen LogP contribution < -0.4 is 5.32 Å². The van der Waals surface area contributed by atoms with Crippen LogP contribution in [0.2, 0.25) is 0 Å². The smallest absolute Gasteiger partial charge is 0.237 e. The van der Waals surface area contributed by atoms with Crippen LogP contribution in [0.15, 0.2) is 0 Å². The highest BCUT2D eigenvalue weighted by molar-refractivity contribution is 5.81. The maximum atomic E-state index is 11.7. The van der Waals surface area contributed by atoms with Crippen molar-refractivity contribution in [3.05, 3.63) is 0 Å². The molecule has 1 saturated carbocycles. The van der Waals surface area contributed by atoms with Crippen molar-refractivity contribution in [2.75, 3.05) is 20.6 Å². The van der Waals surface area contributed by atoms with E-state index in [0.29, 0.717) is 0 Å². The van der Waals surface area contributed by atoms with Gasteiger partial charge in [-0.15, -0.1) is 0 Å². The third kappa shape index (κ3) is 2.17. The summed E-state index contributed by atoms with van der Waals surface area (Å²) in [5, 5.41) is 2.78. The van der Waals surface area contributed by atoms with Crippen molar-refractivity contribution in [3.63, 3.8) is 0 Å². The fourth-order valence-corrected chi connectivity index (χ4v) is 3.27. The molecule has 0 aromatic heterocycles. The first kappa shape index (κ1) is 10.9. The largest absolute Gasteiger partial charge is 0.358 e. The van der Waals surface area contributed by atoms with E-state index in [4.69, 9.17) is 0 Å². The van der Waals surface area contributed by atoms with Crippen molar-refractivity contribution in [3.8, 4) is 0 Å². The van der Waals surface area contributed by atoms with Gasteiger partial charge in [-0.2, -0.15) is 0 Å². The van der Waals surface area contributed by atoms with Gasteiger partial charge in [0.1, 0.15) is 0 Å². The Morgan fingerprint density at radius 3 is 2.60 bits per heavy atom. The van der Waals surface area contributed by atoms with Crippen molar-refractivity contribution in [2.45, 2.75) is 38.1 Å². The second-order valence-corrected chi connectivity index (χ2v) is 5.11. The van der Waals surface area contributed by atoms with Gasteiger partial charge in [0, 0.05) is 13.6 Å². The molecular formula is C12H22N2O. The van der Waals surface area contributed by atoms with Crippen LogP contribution in [0.3, 0.4) is 0 Å². The molecule has 2 aliphatic rings. The molecule has 15 heavy (non-hydrogen) atoms. The van der Waals surface area contributed by atoms with Gasteiger partial charge in [0.25, 0.3) is 0 Å². The SMILES string of the molecule is CNC(=O)C1CC2CCCCC2CN1C. The van der Waals surface area contributed by atoms with Crippen LogP contribution in [0.4, 0.5) is 0 Å². The summed E-state index contributed by atoms with van der Waals surface area (Å²) in [5.41, 5.74) is 0. The summed E-state index contributed by atoms with van der Waals surface area (Å²) in [6, 6.07) is 0.120. The number of hydrogen-bond acceptors (Lipinski definition) is 2. The summed E-state index contributed by atoms with van der Waals surface area (Å²) in [6.45, 7) is 1.11. The zero-order valence-corrected chi connectivity index (χ0v) is 9.83. The summed E-state index contributed by atoms with van der Waals surface area (Å²) in [5.74, 6) is 1.85. The van der Waals surface area contributed by atoms with Gasteiger partial charge < -0.3 is 5.32 Å². The van der Waals surface area contributed by atoms with Gasteiger partial charge in [0.2, 0.25) is 5.91 Å². The molecule has 3 atom stereocenters. The lowest BCUT2D eigenvalue weighted by atomic mass is 9.73. The Hall–Kier alpha value is -0.570. The van der Waals surface area contributed by atoms with E-state index < -0.39 is 0 Å². The Balaban J connectivity index is 2.01. The lowest BCUT2D eigenvalue weighted by Crippen LogP contribution is -2.52. The van der Waals surface area contributed by atoms with E-state index >= 15 is 0 Å². The van der Waals surface area contributed by atoms with E-state index in [1.165, 1.54) is 25.7 Å². The number of amides is 1. The number of likely N-dealkylation sites (tertiary alicyclic amines) is 1. The maximum absolute atomic E-state index is 11.7. The third-order valence-electron chi connectivity index (χ3n) is 4.20. The predicted molar refractivity (Wildman–Crippen MR) is 60.5 cm³/mol. The van der Waals surface area contributed by atoms with E-state index in [9.17, 15) is 4.79 Å². The number of carbonyl (C=O) groups excluding carboxylic acids is 1. The Labute approximate surface area is 92.2 Å². The van der Waals surface area contributed by atoms with Gasteiger partial charge in [-0.3, -0.25) is 9.69 Å². The first-order chi connectivity index (χ1) is 7.22. The molecule has 3 unspecified atom stereocenters. The summed E-state index contributed by atoms with van der Waals surface area (Å²) in [6.07, 6.45) is 6.54. The molecule has 1 N–H and O–H groups in total.